The molecule has 0 aliphatic carbocycles. The number of halogens is 2. The molecule has 3 aromatic rings. The van der Waals surface area contributed by atoms with Crippen LogP contribution in [0.25, 0.3) is 10.9 Å². The summed E-state index contributed by atoms with van der Waals surface area (Å²) in [5.74, 6) is 0.194. The van der Waals surface area contributed by atoms with E-state index in [9.17, 15) is 9.18 Å². The fourth-order valence-corrected chi connectivity index (χ4v) is 3.64. The third-order valence-corrected chi connectivity index (χ3v) is 5.17. The van der Waals surface area contributed by atoms with Crippen LogP contribution in [0.2, 0.25) is 5.02 Å². The molecular formula is C20H18ClFN2O. The molecule has 2 aromatic carbocycles. The van der Waals surface area contributed by atoms with E-state index < -0.39 is 0 Å². The summed E-state index contributed by atoms with van der Waals surface area (Å²) in [6.45, 7) is 1.44. The molecule has 1 amide bonds. The number of benzene rings is 2. The number of aromatic amines is 1. The van der Waals surface area contributed by atoms with Gasteiger partial charge in [-0.2, -0.15) is 0 Å². The topological polar surface area (TPSA) is 36.1 Å². The van der Waals surface area contributed by atoms with Gasteiger partial charge in [-0.1, -0.05) is 11.6 Å². The predicted molar refractivity (Wildman–Crippen MR) is 97.6 cm³/mol. The molecule has 0 atom stereocenters. The molecule has 0 bridgehead atoms. The number of nitrogens with zero attached hydrogens (tertiary/aromatic N) is 1. The van der Waals surface area contributed by atoms with Crippen LogP contribution in [-0.2, 0) is 0 Å². The third-order valence-electron chi connectivity index (χ3n) is 4.92. The summed E-state index contributed by atoms with van der Waals surface area (Å²) < 4.78 is 13.3. The van der Waals surface area contributed by atoms with Gasteiger partial charge in [0.05, 0.1) is 0 Å². The van der Waals surface area contributed by atoms with E-state index in [1.807, 2.05) is 11.0 Å². The van der Waals surface area contributed by atoms with E-state index in [-0.39, 0.29) is 11.7 Å². The van der Waals surface area contributed by atoms with Gasteiger partial charge in [-0.15, -0.1) is 0 Å². The lowest BCUT2D eigenvalue weighted by Crippen LogP contribution is -2.37. The molecule has 0 unspecified atom stereocenters. The molecule has 128 valence electrons. The number of nitrogens with one attached hydrogen (secondary N) is 1. The molecule has 0 radical (unpaired) electrons. The van der Waals surface area contributed by atoms with Crippen LogP contribution >= 0.6 is 11.6 Å². The van der Waals surface area contributed by atoms with Gasteiger partial charge in [-0.25, -0.2) is 4.39 Å². The van der Waals surface area contributed by atoms with E-state index >= 15 is 0 Å². The highest BCUT2D eigenvalue weighted by molar-refractivity contribution is 6.30. The smallest absolute Gasteiger partial charge is 0.253 e. The summed E-state index contributed by atoms with van der Waals surface area (Å²) in [4.78, 5) is 17.8. The zero-order chi connectivity index (χ0) is 17.4. The van der Waals surface area contributed by atoms with Gasteiger partial charge in [0.15, 0.2) is 0 Å². The molecule has 4 rings (SSSR count). The molecule has 1 aromatic heterocycles. The van der Waals surface area contributed by atoms with Crippen molar-refractivity contribution in [3.63, 3.8) is 0 Å². The van der Waals surface area contributed by atoms with Gasteiger partial charge in [0.1, 0.15) is 5.82 Å². The second kappa shape index (κ2) is 6.52. The summed E-state index contributed by atoms with van der Waals surface area (Å²) in [6, 6.07) is 13.8. The Hall–Kier alpha value is -2.33. The number of piperidine rings is 1. The molecule has 0 spiro atoms. The van der Waals surface area contributed by atoms with Gasteiger partial charge in [0.2, 0.25) is 0 Å². The summed E-state index contributed by atoms with van der Waals surface area (Å²) in [5, 5.41) is 1.53. The minimum absolute atomic E-state index is 0.0498. The molecule has 5 heteroatoms. The van der Waals surface area contributed by atoms with E-state index in [2.05, 4.69) is 4.98 Å². The van der Waals surface area contributed by atoms with Crippen molar-refractivity contribution in [1.29, 1.82) is 0 Å². The Morgan fingerprint density at radius 1 is 1.08 bits per heavy atom. The predicted octanol–water partition coefficient (Wildman–Crippen LogP) is 4.98. The first-order chi connectivity index (χ1) is 12.1. The van der Waals surface area contributed by atoms with Gasteiger partial charge < -0.3 is 9.88 Å². The van der Waals surface area contributed by atoms with Crippen molar-refractivity contribution in [3.8, 4) is 0 Å². The summed E-state index contributed by atoms with van der Waals surface area (Å²) in [7, 11) is 0. The highest BCUT2D eigenvalue weighted by Gasteiger charge is 2.25. The van der Waals surface area contributed by atoms with Crippen LogP contribution in [0.1, 0.15) is 34.8 Å². The zero-order valence-electron chi connectivity index (χ0n) is 13.6. The van der Waals surface area contributed by atoms with Crippen LogP contribution in [0, 0.1) is 5.82 Å². The second-order valence-corrected chi connectivity index (χ2v) is 6.97. The number of rotatable bonds is 2. The number of H-pyrrole nitrogens is 1. The molecule has 1 aliphatic rings. The van der Waals surface area contributed by atoms with Gasteiger partial charge in [-0.05, 0) is 61.4 Å². The summed E-state index contributed by atoms with van der Waals surface area (Å²) in [5.41, 5.74) is 2.75. The zero-order valence-corrected chi connectivity index (χ0v) is 14.4. The van der Waals surface area contributed by atoms with E-state index in [0.29, 0.717) is 16.5 Å². The van der Waals surface area contributed by atoms with Crippen LogP contribution in [0.3, 0.4) is 0 Å². The number of likely N-dealkylation sites (tertiary alicyclic amines) is 1. The maximum absolute atomic E-state index is 13.3. The van der Waals surface area contributed by atoms with Gasteiger partial charge in [0, 0.05) is 46.2 Å². The van der Waals surface area contributed by atoms with Crippen molar-refractivity contribution < 1.29 is 9.18 Å². The lowest BCUT2D eigenvalue weighted by Gasteiger charge is -2.31. The maximum Gasteiger partial charge on any atom is 0.253 e. The Morgan fingerprint density at radius 3 is 2.52 bits per heavy atom. The van der Waals surface area contributed by atoms with Crippen molar-refractivity contribution in [3.05, 3.63) is 70.6 Å². The summed E-state index contributed by atoms with van der Waals surface area (Å²) in [6.07, 6.45) is 1.79. The van der Waals surface area contributed by atoms with E-state index in [0.717, 1.165) is 42.5 Å². The monoisotopic (exact) mass is 356 g/mol. The Bertz CT molecular complexity index is 911. The van der Waals surface area contributed by atoms with Crippen LogP contribution in [0.15, 0.2) is 48.5 Å². The Balaban J connectivity index is 1.45. The Morgan fingerprint density at radius 2 is 1.80 bits per heavy atom. The number of amides is 1. The fraction of sp³-hybridized carbons (Fsp3) is 0.250. The van der Waals surface area contributed by atoms with Crippen LogP contribution in [0.5, 0.6) is 0 Å². The molecule has 25 heavy (non-hydrogen) atoms. The Labute approximate surface area is 150 Å². The van der Waals surface area contributed by atoms with E-state index in [1.165, 1.54) is 6.07 Å². The van der Waals surface area contributed by atoms with E-state index in [4.69, 9.17) is 11.6 Å². The molecule has 1 fully saturated rings. The first-order valence-electron chi connectivity index (χ1n) is 8.43. The molecule has 0 saturated carbocycles. The van der Waals surface area contributed by atoms with Gasteiger partial charge in [0.25, 0.3) is 5.91 Å². The average Bonchev–Trinajstić information content (AvgIpc) is 3.05. The van der Waals surface area contributed by atoms with Crippen molar-refractivity contribution >= 4 is 28.4 Å². The molecule has 1 aliphatic heterocycles. The number of carbonyl (C=O) groups is 1. The van der Waals surface area contributed by atoms with Crippen LogP contribution in [0.4, 0.5) is 4.39 Å². The molecule has 3 nitrogen and oxygen atoms in total. The minimum atomic E-state index is -0.221. The standard InChI is InChI=1S/C20H18ClFN2O/c21-16-3-1-14(2-4-16)20(25)24-9-7-13(8-10-24)19-12-15-11-17(22)5-6-18(15)23-19/h1-6,11-13,23H,7-10H2. The summed E-state index contributed by atoms with van der Waals surface area (Å²) >= 11 is 5.88. The quantitative estimate of drug-likeness (QED) is 0.690. The van der Waals surface area contributed by atoms with Crippen LogP contribution in [-0.4, -0.2) is 28.9 Å². The first-order valence-corrected chi connectivity index (χ1v) is 8.81. The number of hydrogen-bond donors (Lipinski definition) is 1. The third kappa shape index (κ3) is 3.27. The second-order valence-electron chi connectivity index (χ2n) is 6.53. The molecule has 1 N–H and O–H groups in total. The molecule has 1 saturated heterocycles. The average molecular weight is 357 g/mol. The van der Waals surface area contributed by atoms with E-state index in [1.54, 1.807) is 36.4 Å². The van der Waals surface area contributed by atoms with Gasteiger partial charge >= 0.3 is 0 Å². The Kier molecular flexibility index (Phi) is 4.22. The van der Waals surface area contributed by atoms with Crippen molar-refractivity contribution in [1.82, 2.24) is 9.88 Å². The van der Waals surface area contributed by atoms with Crippen LogP contribution < -0.4 is 0 Å². The first kappa shape index (κ1) is 16.2. The molecular weight excluding hydrogens is 339 g/mol. The van der Waals surface area contributed by atoms with Gasteiger partial charge in [-0.3, -0.25) is 4.79 Å². The lowest BCUT2D eigenvalue weighted by atomic mass is 9.93. The molecule has 2 heterocycles. The maximum atomic E-state index is 13.3. The number of fused-ring (bicyclic) bond motifs is 1. The fourth-order valence-electron chi connectivity index (χ4n) is 3.51. The van der Waals surface area contributed by atoms with Crippen molar-refractivity contribution in [2.75, 3.05) is 13.1 Å². The highest BCUT2D eigenvalue weighted by Crippen LogP contribution is 2.30. The number of carbonyl (C=O) groups excluding carboxylic acids is 1. The highest BCUT2D eigenvalue weighted by atomic mass is 35.5. The minimum Gasteiger partial charge on any atom is -0.358 e. The largest absolute Gasteiger partial charge is 0.358 e. The lowest BCUT2D eigenvalue weighted by molar-refractivity contribution is 0.0712. The SMILES string of the molecule is O=C(c1ccc(Cl)cc1)N1CCC(c2cc3cc(F)ccc3[nH]2)CC1. The number of aromatic nitrogens is 1. The van der Waals surface area contributed by atoms with Crippen molar-refractivity contribution in [2.24, 2.45) is 0 Å². The number of hydrogen-bond acceptors (Lipinski definition) is 1. The van der Waals surface area contributed by atoms with Crippen molar-refractivity contribution in [2.45, 2.75) is 18.8 Å². The normalized spacial score (nSPS) is 15.7.